The zero-order valence-corrected chi connectivity index (χ0v) is 10.9. The standard InChI is InChI=1S/C13H11N3O5/c1-21-11-5-3-2-4-9(11)15-12-6-8(13(17)18)10(7-14-12)16(19)20/h2-7H,1H3,(H,14,15)(H,17,18). The highest BCUT2D eigenvalue weighted by Gasteiger charge is 2.21. The van der Waals surface area contributed by atoms with Crippen molar-refractivity contribution in [2.75, 3.05) is 12.4 Å². The van der Waals surface area contributed by atoms with Gasteiger partial charge in [0.25, 0.3) is 0 Å². The fourth-order valence-electron chi connectivity index (χ4n) is 1.72. The second-order valence-corrected chi connectivity index (χ2v) is 3.97. The summed E-state index contributed by atoms with van der Waals surface area (Å²) in [5.41, 5.74) is -0.432. The Labute approximate surface area is 119 Å². The predicted octanol–water partition coefficient (Wildman–Crippen LogP) is 2.44. The smallest absolute Gasteiger partial charge is 0.342 e. The van der Waals surface area contributed by atoms with Gasteiger partial charge in [-0.1, -0.05) is 12.1 Å². The summed E-state index contributed by atoms with van der Waals surface area (Å²) < 4.78 is 5.14. The third-order valence-electron chi connectivity index (χ3n) is 2.68. The maximum atomic E-state index is 11.1. The fraction of sp³-hybridized carbons (Fsp3) is 0.0769. The Morgan fingerprint density at radius 2 is 2.14 bits per heavy atom. The van der Waals surface area contributed by atoms with E-state index in [1.807, 2.05) is 0 Å². The highest BCUT2D eigenvalue weighted by Crippen LogP contribution is 2.28. The molecule has 0 unspecified atom stereocenters. The van der Waals surface area contributed by atoms with Crippen molar-refractivity contribution >= 4 is 23.2 Å². The lowest BCUT2D eigenvalue weighted by atomic mass is 10.2. The van der Waals surface area contributed by atoms with Gasteiger partial charge in [-0.25, -0.2) is 9.78 Å². The minimum atomic E-state index is -1.40. The zero-order valence-electron chi connectivity index (χ0n) is 10.9. The quantitative estimate of drug-likeness (QED) is 0.641. The molecule has 1 aromatic carbocycles. The maximum absolute atomic E-state index is 11.1. The number of methoxy groups -OCH3 is 1. The summed E-state index contributed by atoms with van der Waals surface area (Å²) in [6.07, 6.45) is 0.904. The van der Waals surface area contributed by atoms with Crippen LogP contribution in [-0.2, 0) is 0 Å². The van der Waals surface area contributed by atoms with Gasteiger partial charge in [-0.05, 0) is 12.1 Å². The molecule has 0 radical (unpaired) electrons. The van der Waals surface area contributed by atoms with Gasteiger partial charge in [-0.3, -0.25) is 10.1 Å². The van der Waals surface area contributed by atoms with Crippen LogP contribution in [0.25, 0.3) is 0 Å². The molecule has 0 aliphatic rings. The lowest BCUT2D eigenvalue weighted by Crippen LogP contribution is -2.05. The molecule has 0 bridgehead atoms. The summed E-state index contributed by atoms with van der Waals surface area (Å²) in [6, 6.07) is 8.06. The highest BCUT2D eigenvalue weighted by atomic mass is 16.6. The van der Waals surface area contributed by atoms with E-state index in [1.54, 1.807) is 24.3 Å². The van der Waals surface area contributed by atoms with E-state index in [4.69, 9.17) is 9.84 Å². The molecule has 8 heteroatoms. The van der Waals surface area contributed by atoms with Gasteiger partial charge >= 0.3 is 11.7 Å². The Morgan fingerprint density at radius 3 is 2.76 bits per heavy atom. The SMILES string of the molecule is COc1ccccc1Nc1cc(C(=O)O)c([N+](=O)[O-])cn1. The van der Waals surface area contributed by atoms with E-state index < -0.39 is 22.1 Å². The summed E-state index contributed by atoms with van der Waals surface area (Å²) in [6.45, 7) is 0. The molecule has 0 aliphatic heterocycles. The molecule has 0 fully saturated rings. The maximum Gasteiger partial charge on any atom is 0.342 e. The van der Waals surface area contributed by atoms with Crippen molar-refractivity contribution in [2.45, 2.75) is 0 Å². The van der Waals surface area contributed by atoms with Gasteiger partial charge in [0.05, 0.1) is 17.7 Å². The normalized spacial score (nSPS) is 9.95. The molecule has 0 saturated heterocycles. The number of ether oxygens (including phenoxy) is 1. The minimum absolute atomic E-state index is 0.169. The Morgan fingerprint density at radius 1 is 1.43 bits per heavy atom. The number of anilines is 2. The molecule has 0 aliphatic carbocycles. The second kappa shape index (κ2) is 5.87. The van der Waals surface area contributed by atoms with Gasteiger partial charge in [0.2, 0.25) is 0 Å². The largest absolute Gasteiger partial charge is 0.495 e. The topological polar surface area (TPSA) is 115 Å². The molecule has 2 N–H and O–H groups in total. The average Bonchev–Trinajstić information content (AvgIpc) is 2.47. The Bertz CT molecular complexity index is 702. The second-order valence-electron chi connectivity index (χ2n) is 3.97. The van der Waals surface area contributed by atoms with Crippen LogP contribution in [0.15, 0.2) is 36.5 Å². The first-order valence-electron chi connectivity index (χ1n) is 5.80. The number of rotatable bonds is 5. The van der Waals surface area contributed by atoms with Crippen LogP contribution >= 0.6 is 0 Å². The average molecular weight is 289 g/mol. The molecular formula is C13H11N3O5. The van der Waals surface area contributed by atoms with Crippen molar-refractivity contribution in [2.24, 2.45) is 0 Å². The number of hydrogen-bond acceptors (Lipinski definition) is 6. The number of hydrogen-bond donors (Lipinski definition) is 2. The number of aromatic nitrogens is 1. The number of aromatic carboxylic acids is 1. The number of pyridine rings is 1. The number of nitrogens with one attached hydrogen (secondary N) is 1. The van der Waals surface area contributed by atoms with Crippen LogP contribution < -0.4 is 10.1 Å². The molecule has 0 atom stereocenters. The van der Waals surface area contributed by atoms with Crippen LogP contribution in [0, 0.1) is 10.1 Å². The number of benzene rings is 1. The summed E-state index contributed by atoms with van der Waals surface area (Å²) in [5.74, 6) is -0.691. The van der Waals surface area contributed by atoms with Crippen molar-refractivity contribution in [3.05, 3.63) is 52.2 Å². The Hall–Kier alpha value is -3.16. The Kier molecular flexibility index (Phi) is 3.98. The molecular weight excluding hydrogens is 278 g/mol. The van der Waals surface area contributed by atoms with Crippen LogP contribution in [0.1, 0.15) is 10.4 Å². The number of carbonyl (C=O) groups is 1. The van der Waals surface area contributed by atoms with E-state index in [-0.39, 0.29) is 5.82 Å². The van der Waals surface area contributed by atoms with Crippen LogP contribution in [0.2, 0.25) is 0 Å². The highest BCUT2D eigenvalue weighted by molar-refractivity contribution is 5.93. The molecule has 1 heterocycles. The van der Waals surface area contributed by atoms with Crippen molar-refractivity contribution in [3.8, 4) is 5.75 Å². The molecule has 1 aromatic heterocycles. The van der Waals surface area contributed by atoms with Crippen LogP contribution in [0.4, 0.5) is 17.2 Å². The van der Waals surface area contributed by atoms with Crippen LogP contribution in [0.3, 0.4) is 0 Å². The molecule has 0 amide bonds. The third kappa shape index (κ3) is 3.06. The van der Waals surface area contributed by atoms with Crippen LogP contribution in [-0.4, -0.2) is 28.1 Å². The zero-order chi connectivity index (χ0) is 15.4. The molecule has 2 rings (SSSR count). The van der Waals surface area contributed by atoms with E-state index in [0.717, 1.165) is 12.3 Å². The number of carboxylic acid groups (broad SMARTS) is 1. The molecule has 0 saturated carbocycles. The van der Waals surface area contributed by atoms with Crippen molar-refractivity contribution in [1.29, 1.82) is 0 Å². The fourth-order valence-corrected chi connectivity index (χ4v) is 1.72. The van der Waals surface area contributed by atoms with Gasteiger partial charge in [0, 0.05) is 6.07 Å². The van der Waals surface area contributed by atoms with E-state index >= 15 is 0 Å². The molecule has 21 heavy (non-hydrogen) atoms. The molecule has 0 spiro atoms. The lowest BCUT2D eigenvalue weighted by Gasteiger charge is -2.10. The minimum Gasteiger partial charge on any atom is -0.495 e. The number of nitrogens with zero attached hydrogens (tertiary/aromatic N) is 2. The lowest BCUT2D eigenvalue weighted by molar-refractivity contribution is -0.385. The van der Waals surface area contributed by atoms with Gasteiger partial charge in [0.1, 0.15) is 23.3 Å². The third-order valence-corrected chi connectivity index (χ3v) is 2.68. The van der Waals surface area contributed by atoms with E-state index in [1.165, 1.54) is 7.11 Å². The van der Waals surface area contributed by atoms with Crippen molar-refractivity contribution in [3.63, 3.8) is 0 Å². The first kappa shape index (κ1) is 14.3. The monoisotopic (exact) mass is 289 g/mol. The van der Waals surface area contributed by atoms with Gasteiger partial charge in [-0.15, -0.1) is 0 Å². The van der Waals surface area contributed by atoms with Crippen LogP contribution in [0.5, 0.6) is 5.75 Å². The van der Waals surface area contributed by atoms with Crippen molar-refractivity contribution < 1.29 is 19.6 Å². The summed E-state index contributed by atoms with van der Waals surface area (Å²) >= 11 is 0. The van der Waals surface area contributed by atoms with Crippen molar-refractivity contribution in [1.82, 2.24) is 4.98 Å². The van der Waals surface area contributed by atoms with E-state index in [9.17, 15) is 14.9 Å². The number of nitro groups is 1. The number of para-hydroxylation sites is 2. The van der Waals surface area contributed by atoms with Gasteiger partial charge in [0.15, 0.2) is 0 Å². The molecule has 2 aromatic rings. The number of carboxylic acids is 1. The predicted molar refractivity (Wildman–Crippen MR) is 74.1 cm³/mol. The summed E-state index contributed by atoms with van der Waals surface area (Å²) in [4.78, 5) is 24.9. The van der Waals surface area contributed by atoms with E-state index in [0.29, 0.717) is 11.4 Å². The first-order valence-corrected chi connectivity index (χ1v) is 5.80. The summed E-state index contributed by atoms with van der Waals surface area (Å²) in [5, 5.41) is 22.6. The Balaban J connectivity index is 2.39. The summed E-state index contributed by atoms with van der Waals surface area (Å²) in [7, 11) is 1.49. The van der Waals surface area contributed by atoms with Gasteiger partial charge in [-0.2, -0.15) is 0 Å². The molecule has 8 nitrogen and oxygen atoms in total. The first-order chi connectivity index (χ1) is 10.0. The van der Waals surface area contributed by atoms with E-state index in [2.05, 4.69) is 10.3 Å². The van der Waals surface area contributed by atoms with Gasteiger partial charge < -0.3 is 15.2 Å². The molecule has 108 valence electrons.